The Balaban J connectivity index is 1.97. The molecule has 0 saturated carbocycles. The lowest BCUT2D eigenvalue weighted by Gasteiger charge is -2.22. The van der Waals surface area contributed by atoms with Gasteiger partial charge in [0, 0.05) is 29.9 Å². The van der Waals surface area contributed by atoms with Crippen molar-refractivity contribution in [3.63, 3.8) is 0 Å². The van der Waals surface area contributed by atoms with Gasteiger partial charge in [0.15, 0.2) is 17.7 Å². The maximum atomic E-state index is 15.6. The van der Waals surface area contributed by atoms with Gasteiger partial charge in [0.05, 0.1) is 36.5 Å². The highest BCUT2D eigenvalue weighted by Gasteiger charge is 2.29. The Labute approximate surface area is 195 Å². The SMILES string of the molecule is CCOCCOC(C)c1c(C(OC)C(=O)O)ccc(Oc2cnc3cc(Cl)ccc3n2)c1F. The summed E-state index contributed by atoms with van der Waals surface area (Å²) in [4.78, 5) is 20.2. The number of carboxylic acid groups (broad SMARTS) is 1. The molecule has 0 aliphatic heterocycles. The average Bonchev–Trinajstić information content (AvgIpc) is 2.78. The molecule has 0 radical (unpaired) electrons. The summed E-state index contributed by atoms with van der Waals surface area (Å²) in [5.74, 6) is -2.13. The van der Waals surface area contributed by atoms with Gasteiger partial charge in [-0.2, -0.15) is 0 Å². The van der Waals surface area contributed by atoms with E-state index in [2.05, 4.69) is 9.97 Å². The Morgan fingerprint density at radius 2 is 2.00 bits per heavy atom. The smallest absolute Gasteiger partial charge is 0.337 e. The minimum Gasteiger partial charge on any atom is -0.479 e. The molecular formula is C23H24ClFN2O6. The number of carbonyl (C=O) groups is 1. The van der Waals surface area contributed by atoms with Crippen molar-refractivity contribution >= 4 is 28.6 Å². The number of halogens is 2. The zero-order valence-corrected chi connectivity index (χ0v) is 19.1. The largest absolute Gasteiger partial charge is 0.479 e. The van der Waals surface area contributed by atoms with Gasteiger partial charge in [0.1, 0.15) is 0 Å². The molecule has 2 aromatic carbocycles. The molecule has 0 amide bonds. The number of hydrogen-bond donors (Lipinski definition) is 1. The summed E-state index contributed by atoms with van der Waals surface area (Å²) in [6.45, 7) is 4.50. The minimum atomic E-state index is -1.38. The van der Waals surface area contributed by atoms with E-state index in [4.69, 9.17) is 30.5 Å². The average molecular weight is 479 g/mol. The predicted molar refractivity (Wildman–Crippen MR) is 119 cm³/mol. The fourth-order valence-electron chi connectivity index (χ4n) is 3.31. The molecule has 0 aliphatic rings. The quantitative estimate of drug-likeness (QED) is 0.380. The number of aliphatic carboxylic acids is 1. The van der Waals surface area contributed by atoms with Crippen molar-refractivity contribution < 1.29 is 33.2 Å². The van der Waals surface area contributed by atoms with Crippen molar-refractivity contribution in [3.8, 4) is 11.6 Å². The molecule has 1 heterocycles. The molecular weight excluding hydrogens is 455 g/mol. The van der Waals surface area contributed by atoms with E-state index in [0.717, 1.165) is 0 Å². The van der Waals surface area contributed by atoms with E-state index >= 15 is 4.39 Å². The van der Waals surface area contributed by atoms with Crippen molar-refractivity contribution in [1.29, 1.82) is 0 Å². The first-order valence-electron chi connectivity index (χ1n) is 10.2. The predicted octanol–water partition coefficient (Wildman–Crippen LogP) is 5.10. The van der Waals surface area contributed by atoms with Crippen LogP contribution in [0.15, 0.2) is 36.5 Å². The van der Waals surface area contributed by atoms with Gasteiger partial charge in [0.25, 0.3) is 0 Å². The highest BCUT2D eigenvalue weighted by molar-refractivity contribution is 6.31. The van der Waals surface area contributed by atoms with Crippen LogP contribution in [-0.4, -0.2) is 48.0 Å². The van der Waals surface area contributed by atoms with Gasteiger partial charge in [-0.3, -0.25) is 0 Å². The van der Waals surface area contributed by atoms with Gasteiger partial charge in [-0.1, -0.05) is 17.7 Å². The van der Waals surface area contributed by atoms with Crippen LogP contribution in [-0.2, 0) is 19.0 Å². The van der Waals surface area contributed by atoms with Crippen molar-refractivity contribution in [2.75, 3.05) is 26.9 Å². The molecule has 3 rings (SSSR count). The number of methoxy groups -OCH3 is 1. The first kappa shape index (κ1) is 24.8. The van der Waals surface area contributed by atoms with Crippen LogP contribution >= 0.6 is 11.6 Å². The van der Waals surface area contributed by atoms with E-state index in [1.54, 1.807) is 25.1 Å². The second kappa shape index (κ2) is 11.3. The maximum Gasteiger partial charge on any atom is 0.337 e. The Morgan fingerprint density at radius 1 is 1.21 bits per heavy atom. The summed E-state index contributed by atoms with van der Waals surface area (Å²) >= 11 is 5.96. The summed E-state index contributed by atoms with van der Waals surface area (Å²) < 4.78 is 37.3. The monoisotopic (exact) mass is 478 g/mol. The lowest BCUT2D eigenvalue weighted by atomic mass is 9.97. The normalized spacial score (nSPS) is 13.1. The lowest BCUT2D eigenvalue weighted by Crippen LogP contribution is -2.19. The van der Waals surface area contributed by atoms with Crippen LogP contribution in [0.2, 0.25) is 5.02 Å². The van der Waals surface area contributed by atoms with Gasteiger partial charge in [-0.15, -0.1) is 0 Å². The molecule has 10 heteroatoms. The number of carboxylic acids is 1. The Morgan fingerprint density at radius 3 is 2.70 bits per heavy atom. The molecule has 0 bridgehead atoms. The van der Waals surface area contributed by atoms with E-state index < -0.39 is 24.0 Å². The van der Waals surface area contributed by atoms with E-state index in [1.165, 1.54) is 25.4 Å². The van der Waals surface area contributed by atoms with Gasteiger partial charge in [-0.05, 0) is 38.1 Å². The summed E-state index contributed by atoms with van der Waals surface area (Å²) in [5, 5.41) is 10.0. The van der Waals surface area contributed by atoms with Gasteiger partial charge in [0.2, 0.25) is 5.88 Å². The Kier molecular flexibility index (Phi) is 8.51. The summed E-state index contributed by atoms with van der Waals surface area (Å²) in [7, 11) is 1.24. The maximum absolute atomic E-state index is 15.6. The fourth-order valence-corrected chi connectivity index (χ4v) is 3.48. The summed E-state index contributed by atoms with van der Waals surface area (Å²) in [5.41, 5.74) is 1.22. The zero-order chi connectivity index (χ0) is 24.0. The third-order valence-electron chi connectivity index (χ3n) is 4.82. The third-order valence-corrected chi connectivity index (χ3v) is 5.06. The van der Waals surface area contributed by atoms with Gasteiger partial charge >= 0.3 is 5.97 Å². The Hall–Kier alpha value is -2.85. The molecule has 0 spiro atoms. The topological polar surface area (TPSA) is 100 Å². The van der Waals surface area contributed by atoms with Crippen LogP contribution in [0.25, 0.3) is 11.0 Å². The second-order valence-electron chi connectivity index (χ2n) is 6.99. The Bertz CT molecular complexity index is 1130. The summed E-state index contributed by atoms with van der Waals surface area (Å²) in [6.07, 6.45) is -0.833. The highest BCUT2D eigenvalue weighted by atomic mass is 35.5. The van der Waals surface area contributed by atoms with Crippen molar-refractivity contribution in [2.45, 2.75) is 26.1 Å². The van der Waals surface area contributed by atoms with Crippen LogP contribution in [0.3, 0.4) is 0 Å². The molecule has 2 atom stereocenters. The summed E-state index contributed by atoms with van der Waals surface area (Å²) in [6, 6.07) is 7.75. The van der Waals surface area contributed by atoms with Crippen LogP contribution < -0.4 is 4.74 Å². The van der Waals surface area contributed by atoms with Gasteiger partial charge in [-0.25, -0.2) is 19.2 Å². The molecule has 8 nitrogen and oxygen atoms in total. The fraction of sp³-hybridized carbons (Fsp3) is 0.348. The zero-order valence-electron chi connectivity index (χ0n) is 18.4. The second-order valence-corrected chi connectivity index (χ2v) is 7.42. The van der Waals surface area contributed by atoms with Crippen LogP contribution in [0, 0.1) is 5.82 Å². The number of hydrogen-bond acceptors (Lipinski definition) is 7. The van der Waals surface area contributed by atoms with Crippen LogP contribution in [0.5, 0.6) is 11.6 Å². The van der Waals surface area contributed by atoms with E-state index in [1.807, 2.05) is 6.92 Å². The molecule has 0 fully saturated rings. The molecule has 1 N–H and O–H groups in total. The number of benzene rings is 2. The first-order chi connectivity index (χ1) is 15.8. The highest BCUT2D eigenvalue weighted by Crippen LogP contribution is 2.36. The van der Waals surface area contributed by atoms with Crippen LogP contribution in [0.1, 0.15) is 37.2 Å². The van der Waals surface area contributed by atoms with Crippen LogP contribution in [0.4, 0.5) is 4.39 Å². The molecule has 33 heavy (non-hydrogen) atoms. The number of aromatic nitrogens is 2. The lowest BCUT2D eigenvalue weighted by molar-refractivity contribution is -0.149. The van der Waals surface area contributed by atoms with Crippen molar-refractivity contribution in [3.05, 3.63) is 58.5 Å². The molecule has 0 aliphatic carbocycles. The van der Waals surface area contributed by atoms with E-state index in [0.29, 0.717) is 29.3 Å². The third kappa shape index (κ3) is 5.94. The molecule has 3 aromatic rings. The number of rotatable bonds is 11. The minimum absolute atomic E-state index is 0.0128. The first-order valence-corrected chi connectivity index (χ1v) is 10.6. The molecule has 176 valence electrons. The van der Waals surface area contributed by atoms with E-state index in [9.17, 15) is 9.90 Å². The number of ether oxygens (including phenoxy) is 4. The number of fused-ring (bicyclic) bond motifs is 1. The van der Waals surface area contributed by atoms with Gasteiger partial charge < -0.3 is 24.1 Å². The molecule has 0 saturated heterocycles. The molecule has 2 unspecified atom stereocenters. The van der Waals surface area contributed by atoms with Crippen molar-refractivity contribution in [2.24, 2.45) is 0 Å². The standard InChI is InChI=1S/C23H24ClFN2O6/c1-4-31-9-10-32-13(2)20-15(22(30-3)23(28)29)6-8-18(21(20)25)33-19-12-26-17-11-14(24)5-7-16(17)27-19/h5-8,11-13,22H,4,9-10H2,1-3H3,(H,28,29). The molecule has 1 aromatic heterocycles. The number of nitrogens with zero attached hydrogens (tertiary/aromatic N) is 2. The van der Waals surface area contributed by atoms with Crippen molar-refractivity contribution in [1.82, 2.24) is 9.97 Å². The van der Waals surface area contributed by atoms with E-state index in [-0.39, 0.29) is 29.4 Å².